The molecule has 0 aliphatic rings. The number of hydrogen-bond donors (Lipinski definition) is 0. The third-order valence-electron chi connectivity index (χ3n) is 3.72. The van der Waals surface area contributed by atoms with Crippen LogP contribution in [0, 0.1) is 6.92 Å². The molecular formula is C16H14N4S. The highest BCUT2D eigenvalue weighted by Gasteiger charge is 2.17. The van der Waals surface area contributed by atoms with Crippen LogP contribution in [0.2, 0.25) is 0 Å². The second-order valence-electron chi connectivity index (χ2n) is 4.99. The van der Waals surface area contributed by atoms with E-state index >= 15 is 0 Å². The molecule has 3 heterocycles. The quantitative estimate of drug-likeness (QED) is 0.563. The topological polar surface area (TPSA) is 43.1 Å². The second kappa shape index (κ2) is 4.63. The molecule has 0 atom stereocenters. The fourth-order valence-electron chi connectivity index (χ4n) is 2.75. The van der Waals surface area contributed by atoms with Gasteiger partial charge in [0.25, 0.3) is 0 Å². The number of nitrogens with zero attached hydrogens (tertiary/aromatic N) is 4. The molecule has 0 N–H and O–H groups in total. The maximum atomic E-state index is 4.60. The van der Waals surface area contributed by atoms with Gasteiger partial charge in [0, 0.05) is 16.9 Å². The van der Waals surface area contributed by atoms with Crippen LogP contribution in [0.5, 0.6) is 0 Å². The number of aryl methyl sites for hydroxylation is 2. The summed E-state index contributed by atoms with van der Waals surface area (Å²) in [6.45, 7) is 4.22. The predicted octanol–water partition coefficient (Wildman–Crippen LogP) is 3.88. The van der Waals surface area contributed by atoms with Gasteiger partial charge in [-0.2, -0.15) is 0 Å². The van der Waals surface area contributed by atoms with Gasteiger partial charge in [0.05, 0.1) is 5.39 Å². The van der Waals surface area contributed by atoms with Crippen LogP contribution in [-0.4, -0.2) is 19.6 Å². The molecule has 3 aromatic heterocycles. The highest BCUT2D eigenvalue weighted by Crippen LogP contribution is 2.38. The smallest absolute Gasteiger partial charge is 0.173 e. The van der Waals surface area contributed by atoms with Gasteiger partial charge in [-0.25, -0.2) is 4.98 Å². The van der Waals surface area contributed by atoms with Gasteiger partial charge in [-0.1, -0.05) is 37.3 Å². The molecule has 0 saturated heterocycles. The monoisotopic (exact) mass is 294 g/mol. The first-order valence-corrected chi connectivity index (χ1v) is 7.78. The van der Waals surface area contributed by atoms with Crippen LogP contribution in [0.3, 0.4) is 0 Å². The Kier molecular flexibility index (Phi) is 2.75. The van der Waals surface area contributed by atoms with Crippen molar-refractivity contribution < 1.29 is 0 Å². The predicted molar refractivity (Wildman–Crippen MR) is 85.7 cm³/mol. The summed E-state index contributed by atoms with van der Waals surface area (Å²) in [5.74, 6) is 0.947. The van der Waals surface area contributed by atoms with E-state index in [1.807, 2.05) is 16.8 Å². The van der Waals surface area contributed by atoms with Gasteiger partial charge < -0.3 is 0 Å². The van der Waals surface area contributed by atoms with E-state index in [1.54, 1.807) is 11.3 Å². The summed E-state index contributed by atoms with van der Waals surface area (Å²) in [6, 6.07) is 10.4. The van der Waals surface area contributed by atoms with Crippen LogP contribution in [0.15, 0.2) is 36.7 Å². The average molecular weight is 294 g/mol. The molecule has 0 amide bonds. The molecule has 0 spiro atoms. The first-order valence-electron chi connectivity index (χ1n) is 6.96. The Balaban J connectivity index is 2.15. The summed E-state index contributed by atoms with van der Waals surface area (Å²) in [5, 5.41) is 9.79. The second-order valence-corrected chi connectivity index (χ2v) is 6.19. The van der Waals surface area contributed by atoms with Gasteiger partial charge >= 0.3 is 0 Å². The van der Waals surface area contributed by atoms with E-state index in [-0.39, 0.29) is 0 Å². The standard InChI is InChI=1S/C16H14N4S/c1-3-12-18-19-15-14-13(11-7-5-4-6-8-11)10(2)21-16(14)17-9-20(12)15/h4-9H,3H2,1-2H3. The highest BCUT2D eigenvalue weighted by atomic mass is 32.1. The number of rotatable bonds is 2. The van der Waals surface area contributed by atoms with Crippen molar-refractivity contribution in [3.05, 3.63) is 47.4 Å². The van der Waals surface area contributed by atoms with Crippen LogP contribution in [0.1, 0.15) is 17.6 Å². The summed E-state index contributed by atoms with van der Waals surface area (Å²) in [4.78, 5) is 6.88. The molecule has 21 heavy (non-hydrogen) atoms. The van der Waals surface area contributed by atoms with Crippen molar-refractivity contribution >= 4 is 27.2 Å². The van der Waals surface area contributed by atoms with Gasteiger partial charge in [0.15, 0.2) is 5.65 Å². The minimum absolute atomic E-state index is 0.845. The molecule has 0 aliphatic heterocycles. The minimum Gasteiger partial charge on any atom is -0.269 e. The van der Waals surface area contributed by atoms with E-state index in [4.69, 9.17) is 0 Å². The Labute approximate surface area is 126 Å². The molecule has 5 heteroatoms. The minimum atomic E-state index is 0.845. The molecule has 0 unspecified atom stereocenters. The lowest BCUT2D eigenvalue weighted by Gasteiger charge is -2.02. The Hall–Kier alpha value is -2.27. The first-order chi connectivity index (χ1) is 10.3. The lowest BCUT2D eigenvalue weighted by molar-refractivity contribution is 0.900. The van der Waals surface area contributed by atoms with Gasteiger partial charge in [-0.3, -0.25) is 4.40 Å². The largest absolute Gasteiger partial charge is 0.269 e. The molecule has 0 aliphatic carbocycles. The van der Waals surface area contributed by atoms with Crippen molar-refractivity contribution in [3.8, 4) is 11.1 Å². The lowest BCUT2D eigenvalue weighted by atomic mass is 10.0. The SMILES string of the molecule is CCc1nnc2c3c(-c4ccccc4)c(C)sc3ncn12. The van der Waals surface area contributed by atoms with Crippen molar-refractivity contribution in [2.75, 3.05) is 0 Å². The van der Waals surface area contributed by atoms with E-state index in [2.05, 4.69) is 53.3 Å². The third-order valence-corrected chi connectivity index (χ3v) is 4.74. The summed E-state index contributed by atoms with van der Waals surface area (Å²) in [7, 11) is 0. The molecule has 4 rings (SSSR count). The number of hydrogen-bond acceptors (Lipinski definition) is 4. The molecule has 0 bridgehead atoms. The van der Waals surface area contributed by atoms with Crippen molar-refractivity contribution in [1.29, 1.82) is 0 Å². The number of thiophene rings is 1. The molecule has 0 fully saturated rings. The lowest BCUT2D eigenvalue weighted by Crippen LogP contribution is -1.93. The molecule has 104 valence electrons. The summed E-state index contributed by atoms with van der Waals surface area (Å²) < 4.78 is 2.00. The van der Waals surface area contributed by atoms with E-state index in [1.165, 1.54) is 16.0 Å². The number of aromatic nitrogens is 4. The van der Waals surface area contributed by atoms with Crippen molar-refractivity contribution in [2.24, 2.45) is 0 Å². The Morgan fingerprint density at radius 3 is 2.71 bits per heavy atom. The van der Waals surface area contributed by atoms with Crippen molar-refractivity contribution in [3.63, 3.8) is 0 Å². The molecule has 4 nitrogen and oxygen atoms in total. The van der Waals surface area contributed by atoms with Crippen LogP contribution in [-0.2, 0) is 6.42 Å². The highest BCUT2D eigenvalue weighted by molar-refractivity contribution is 7.19. The van der Waals surface area contributed by atoms with Crippen LogP contribution in [0.25, 0.3) is 27.0 Å². The van der Waals surface area contributed by atoms with Crippen molar-refractivity contribution in [1.82, 2.24) is 19.6 Å². The van der Waals surface area contributed by atoms with E-state index < -0.39 is 0 Å². The van der Waals surface area contributed by atoms with Gasteiger partial charge in [-0.15, -0.1) is 21.5 Å². The van der Waals surface area contributed by atoms with Gasteiger partial charge in [-0.05, 0) is 12.5 Å². The van der Waals surface area contributed by atoms with Crippen molar-refractivity contribution in [2.45, 2.75) is 20.3 Å². The molecule has 0 radical (unpaired) electrons. The summed E-state index contributed by atoms with van der Waals surface area (Å²) >= 11 is 1.71. The molecule has 4 aromatic rings. The average Bonchev–Trinajstić information content (AvgIpc) is 3.07. The number of benzene rings is 1. The van der Waals surface area contributed by atoms with Crippen LogP contribution < -0.4 is 0 Å². The maximum absolute atomic E-state index is 4.60. The van der Waals surface area contributed by atoms with Gasteiger partial charge in [0.2, 0.25) is 0 Å². The first kappa shape index (κ1) is 12.5. The van der Waals surface area contributed by atoms with Gasteiger partial charge in [0.1, 0.15) is 17.0 Å². The summed E-state index contributed by atoms with van der Waals surface area (Å²) in [5.41, 5.74) is 3.33. The Morgan fingerprint density at radius 1 is 1.14 bits per heavy atom. The molecule has 0 saturated carbocycles. The number of fused-ring (bicyclic) bond motifs is 3. The van der Waals surface area contributed by atoms with E-state index in [0.717, 1.165) is 28.1 Å². The van der Waals surface area contributed by atoms with E-state index in [9.17, 15) is 0 Å². The zero-order valence-corrected chi connectivity index (χ0v) is 12.7. The van der Waals surface area contributed by atoms with E-state index in [0.29, 0.717) is 0 Å². The van der Waals surface area contributed by atoms with Crippen LogP contribution >= 0.6 is 11.3 Å². The third kappa shape index (κ3) is 1.77. The summed E-state index contributed by atoms with van der Waals surface area (Å²) in [6.07, 6.45) is 2.68. The normalized spacial score (nSPS) is 11.5. The Bertz CT molecular complexity index is 937. The maximum Gasteiger partial charge on any atom is 0.173 e. The zero-order valence-electron chi connectivity index (χ0n) is 11.9. The Morgan fingerprint density at radius 2 is 1.95 bits per heavy atom. The molecule has 1 aromatic carbocycles. The molecular weight excluding hydrogens is 280 g/mol. The fraction of sp³-hybridized carbons (Fsp3) is 0.188. The van der Waals surface area contributed by atoms with Crippen LogP contribution in [0.4, 0.5) is 0 Å². The fourth-order valence-corrected chi connectivity index (χ4v) is 3.75. The zero-order chi connectivity index (χ0) is 14.4.